The van der Waals surface area contributed by atoms with Gasteiger partial charge in [0.05, 0.1) is 11.6 Å². The summed E-state index contributed by atoms with van der Waals surface area (Å²) in [5.74, 6) is -0.477. The van der Waals surface area contributed by atoms with Gasteiger partial charge in [-0.25, -0.2) is 14.8 Å². The van der Waals surface area contributed by atoms with Crippen LogP contribution in [0.4, 0.5) is 29.5 Å². The smallest absolute Gasteiger partial charge is 0.406 e. The molecule has 1 atom stereocenters. The first-order valence-electron chi connectivity index (χ1n) is 9.84. The minimum absolute atomic E-state index is 0.109. The number of fused-ring (bicyclic) bond motifs is 1. The molecule has 0 saturated heterocycles. The molecule has 13 heteroatoms. The quantitative estimate of drug-likeness (QED) is 0.346. The summed E-state index contributed by atoms with van der Waals surface area (Å²) in [6.45, 7) is 4.03. The molecular weight excluding hydrogens is 459 g/mol. The fraction of sp³-hybridized carbons (Fsp3) is 0.350. The van der Waals surface area contributed by atoms with E-state index >= 15 is 0 Å². The number of carbonyl (C=O) groups is 1. The largest absolute Gasteiger partial charge is 0.418 e. The lowest BCUT2D eigenvalue weighted by Gasteiger charge is -2.31. The van der Waals surface area contributed by atoms with Crippen molar-refractivity contribution in [2.45, 2.75) is 38.5 Å². The van der Waals surface area contributed by atoms with Crippen LogP contribution in [0.1, 0.15) is 25.0 Å². The Hall–Kier alpha value is -3.48. The van der Waals surface area contributed by atoms with Gasteiger partial charge in [-0.15, -0.1) is 0 Å². The highest BCUT2D eigenvalue weighted by Crippen LogP contribution is 2.35. The average molecular weight is 482 g/mol. The maximum absolute atomic E-state index is 13.1. The Morgan fingerprint density at radius 2 is 2.12 bits per heavy atom. The van der Waals surface area contributed by atoms with Crippen LogP contribution in [0.2, 0.25) is 0 Å². The Bertz CT molecular complexity index is 1090. The number of ether oxygens (including phenoxy) is 1. The van der Waals surface area contributed by atoms with Crippen LogP contribution in [0, 0.1) is 0 Å². The van der Waals surface area contributed by atoms with Crippen molar-refractivity contribution in [3.63, 3.8) is 0 Å². The van der Waals surface area contributed by atoms with E-state index in [0.717, 1.165) is 11.3 Å². The SMILES string of the molecule is CNC(=O)Oc1cc(C(F)(F)F)cnc1NC(=S)/N=C(\N)C1Cc2cnccc2N1C(C)C. The fourth-order valence-electron chi connectivity index (χ4n) is 3.43. The van der Waals surface area contributed by atoms with Crippen LogP contribution in [0.25, 0.3) is 0 Å². The molecule has 0 aromatic carbocycles. The molecule has 1 aliphatic heterocycles. The van der Waals surface area contributed by atoms with Gasteiger partial charge >= 0.3 is 12.3 Å². The number of anilines is 2. The molecule has 4 N–H and O–H groups in total. The summed E-state index contributed by atoms with van der Waals surface area (Å²) in [7, 11) is 1.27. The third kappa shape index (κ3) is 5.48. The highest BCUT2D eigenvalue weighted by Gasteiger charge is 2.34. The van der Waals surface area contributed by atoms with E-state index in [4.69, 9.17) is 22.7 Å². The molecule has 9 nitrogen and oxygen atoms in total. The van der Waals surface area contributed by atoms with Crippen LogP contribution in [0.5, 0.6) is 5.75 Å². The summed E-state index contributed by atoms with van der Waals surface area (Å²) in [5.41, 5.74) is 7.17. The molecule has 0 spiro atoms. The van der Waals surface area contributed by atoms with Gasteiger partial charge in [-0.3, -0.25) is 4.98 Å². The van der Waals surface area contributed by atoms with Crippen molar-refractivity contribution < 1.29 is 22.7 Å². The lowest BCUT2D eigenvalue weighted by atomic mass is 10.1. The molecule has 3 rings (SSSR count). The van der Waals surface area contributed by atoms with Crippen molar-refractivity contribution >= 4 is 40.8 Å². The number of halogens is 3. The second-order valence-corrected chi connectivity index (χ2v) is 7.79. The molecule has 0 aliphatic carbocycles. The van der Waals surface area contributed by atoms with E-state index < -0.39 is 23.6 Å². The average Bonchev–Trinajstić information content (AvgIpc) is 3.14. The Kier molecular flexibility index (Phi) is 7.01. The Balaban J connectivity index is 1.84. The molecule has 33 heavy (non-hydrogen) atoms. The maximum atomic E-state index is 13.1. The van der Waals surface area contributed by atoms with Gasteiger partial charge in [-0.05, 0) is 43.8 Å². The number of nitrogens with one attached hydrogen (secondary N) is 2. The van der Waals surface area contributed by atoms with E-state index in [1.807, 2.05) is 19.9 Å². The number of nitrogens with two attached hydrogens (primary N) is 1. The van der Waals surface area contributed by atoms with Gasteiger partial charge in [0.25, 0.3) is 0 Å². The number of amides is 1. The number of amidine groups is 1. The number of rotatable bonds is 4. The van der Waals surface area contributed by atoms with Crippen LogP contribution in [-0.2, 0) is 12.6 Å². The molecular formula is C20H22F3N7O2S. The predicted octanol–water partition coefficient (Wildman–Crippen LogP) is 3.11. The summed E-state index contributed by atoms with van der Waals surface area (Å²) in [5, 5.41) is 4.59. The van der Waals surface area contributed by atoms with Crippen molar-refractivity contribution in [1.82, 2.24) is 15.3 Å². The Labute approximate surface area is 193 Å². The van der Waals surface area contributed by atoms with E-state index in [2.05, 4.69) is 30.5 Å². The minimum Gasteiger partial charge on any atom is -0.406 e. The highest BCUT2D eigenvalue weighted by atomic mass is 32.1. The van der Waals surface area contributed by atoms with Gasteiger partial charge in [0.2, 0.25) is 0 Å². The molecule has 2 aromatic heterocycles. The number of carbonyl (C=O) groups excluding carboxylic acids is 1. The molecule has 0 fully saturated rings. The first-order valence-corrected chi connectivity index (χ1v) is 10.2. The lowest BCUT2D eigenvalue weighted by Crippen LogP contribution is -2.46. The second kappa shape index (κ2) is 9.57. The van der Waals surface area contributed by atoms with E-state index in [1.54, 1.807) is 12.4 Å². The summed E-state index contributed by atoms with van der Waals surface area (Å²) >= 11 is 5.22. The summed E-state index contributed by atoms with van der Waals surface area (Å²) in [6, 6.07) is 2.36. The zero-order chi connectivity index (χ0) is 24.3. The van der Waals surface area contributed by atoms with Gasteiger partial charge in [0, 0.05) is 43.8 Å². The van der Waals surface area contributed by atoms with Gasteiger partial charge in [-0.2, -0.15) is 13.2 Å². The molecule has 0 radical (unpaired) electrons. The molecule has 0 saturated carbocycles. The predicted molar refractivity (Wildman–Crippen MR) is 122 cm³/mol. The number of aliphatic imine (C=N–C) groups is 1. The van der Waals surface area contributed by atoms with Crippen molar-refractivity contribution in [1.29, 1.82) is 0 Å². The third-order valence-electron chi connectivity index (χ3n) is 4.85. The van der Waals surface area contributed by atoms with Gasteiger partial charge in [0.1, 0.15) is 5.84 Å². The van der Waals surface area contributed by atoms with Crippen LogP contribution >= 0.6 is 12.2 Å². The lowest BCUT2D eigenvalue weighted by molar-refractivity contribution is -0.137. The Morgan fingerprint density at radius 1 is 1.39 bits per heavy atom. The zero-order valence-corrected chi connectivity index (χ0v) is 18.8. The third-order valence-corrected chi connectivity index (χ3v) is 5.04. The minimum atomic E-state index is -4.68. The summed E-state index contributed by atoms with van der Waals surface area (Å²) < 4.78 is 44.0. The molecule has 2 aromatic rings. The van der Waals surface area contributed by atoms with E-state index in [0.29, 0.717) is 18.7 Å². The van der Waals surface area contributed by atoms with E-state index in [1.165, 1.54) is 7.05 Å². The highest BCUT2D eigenvalue weighted by molar-refractivity contribution is 7.80. The van der Waals surface area contributed by atoms with E-state index in [9.17, 15) is 18.0 Å². The van der Waals surface area contributed by atoms with Gasteiger partial charge in [-0.1, -0.05) is 0 Å². The number of hydrogen-bond acceptors (Lipinski definition) is 6. The molecule has 1 aliphatic rings. The number of hydrogen-bond donors (Lipinski definition) is 3. The normalized spacial score (nSPS) is 15.9. The number of thiocarbonyl (C=S) groups is 1. The van der Waals surface area contributed by atoms with Crippen molar-refractivity contribution in [3.05, 3.63) is 41.9 Å². The summed E-state index contributed by atoms with van der Waals surface area (Å²) in [6.07, 6.45) is -1.03. The topological polar surface area (TPSA) is 118 Å². The zero-order valence-electron chi connectivity index (χ0n) is 18.0. The molecule has 0 bridgehead atoms. The number of nitrogens with zero attached hydrogens (tertiary/aromatic N) is 4. The molecule has 1 amide bonds. The van der Waals surface area contributed by atoms with Crippen LogP contribution in [-0.4, -0.2) is 46.1 Å². The van der Waals surface area contributed by atoms with Crippen molar-refractivity contribution in [3.8, 4) is 5.75 Å². The second-order valence-electron chi connectivity index (χ2n) is 7.40. The molecule has 3 heterocycles. The fourth-order valence-corrected chi connectivity index (χ4v) is 3.63. The molecule has 1 unspecified atom stereocenters. The maximum Gasteiger partial charge on any atom is 0.418 e. The first-order chi connectivity index (χ1) is 15.5. The van der Waals surface area contributed by atoms with Crippen LogP contribution < -0.4 is 26.0 Å². The van der Waals surface area contributed by atoms with Gasteiger partial charge < -0.3 is 26.0 Å². The van der Waals surface area contributed by atoms with Gasteiger partial charge in [0.15, 0.2) is 16.7 Å². The number of pyridine rings is 2. The molecule has 176 valence electrons. The monoisotopic (exact) mass is 481 g/mol. The van der Waals surface area contributed by atoms with Crippen molar-refractivity contribution in [2.75, 3.05) is 17.3 Å². The van der Waals surface area contributed by atoms with Crippen LogP contribution in [0.3, 0.4) is 0 Å². The number of alkyl halides is 3. The van der Waals surface area contributed by atoms with Crippen molar-refractivity contribution in [2.24, 2.45) is 10.7 Å². The summed E-state index contributed by atoms with van der Waals surface area (Å²) in [4.78, 5) is 25.7. The Morgan fingerprint density at radius 3 is 2.76 bits per heavy atom. The standard InChI is InChI=1S/C20H22F3N7O2S/c1-10(2)30-13-4-5-26-8-11(13)6-14(30)16(24)28-18(33)29-17-15(32-19(31)25-3)7-12(9-27-17)20(21,22)23/h4-5,7-10,14H,6H2,1-3H3,(H,25,31)(H3,24,27,28,29,33). The van der Waals surface area contributed by atoms with Crippen LogP contribution in [0.15, 0.2) is 35.7 Å². The number of aromatic nitrogens is 2. The van der Waals surface area contributed by atoms with E-state index in [-0.39, 0.29) is 28.8 Å². The first kappa shape index (κ1) is 24.2.